The summed E-state index contributed by atoms with van der Waals surface area (Å²) in [5.41, 5.74) is 1.88. The number of nitrogens with zero attached hydrogens (tertiary/aromatic N) is 4. The van der Waals surface area contributed by atoms with Gasteiger partial charge in [-0.3, -0.25) is 19.5 Å². The van der Waals surface area contributed by atoms with Crippen molar-refractivity contribution >= 4 is 40.4 Å². The highest BCUT2D eigenvalue weighted by Gasteiger charge is 2.20. The monoisotopic (exact) mass is 481 g/mol. The van der Waals surface area contributed by atoms with Gasteiger partial charge in [-0.15, -0.1) is 21.5 Å². The Hall–Kier alpha value is -3.70. The van der Waals surface area contributed by atoms with Crippen molar-refractivity contribution in [3.05, 3.63) is 75.7 Å². The average molecular weight is 482 g/mol. The van der Waals surface area contributed by atoms with Gasteiger partial charge in [0, 0.05) is 17.8 Å². The summed E-state index contributed by atoms with van der Waals surface area (Å²) in [6, 6.07) is 15.7. The summed E-state index contributed by atoms with van der Waals surface area (Å²) in [7, 11) is 1.60. The Kier molecular flexibility index (Phi) is 6.71. The SMILES string of the molecule is COc1ccccc1-n1c(SCC(=O)Nc2ccc([N+](=O)[O-])cc2C)nnc1-c1cccs1. The maximum Gasteiger partial charge on any atom is 0.269 e. The van der Waals surface area contributed by atoms with Crippen molar-refractivity contribution in [2.75, 3.05) is 18.2 Å². The number of methoxy groups -OCH3 is 1. The van der Waals surface area contributed by atoms with Gasteiger partial charge in [0.15, 0.2) is 11.0 Å². The van der Waals surface area contributed by atoms with E-state index >= 15 is 0 Å². The van der Waals surface area contributed by atoms with Crippen LogP contribution in [0.1, 0.15) is 5.56 Å². The van der Waals surface area contributed by atoms with Crippen molar-refractivity contribution < 1.29 is 14.5 Å². The molecule has 0 aliphatic heterocycles. The van der Waals surface area contributed by atoms with E-state index < -0.39 is 4.92 Å². The molecule has 11 heteroatoms. The van der Waals surface area contributed by atoms with Crippen LogP contribution in [0.3, 0.4) is 0 Å². The van der Waals surface area contributed by atoms with Gasteiger partial charge in [-0.1, -0.05) is 30.0 Å². The number of nitrogens with one attached hydrogen (secondary N) is 1. The Labute approximate surface area is 197 Å². The third-order valence-corrected chi connectivity index (χ3v) is 6.52. The number of aromatic nitrogens is 3. The molecule has 4 rings (SSSR count). The lowest BCUT2D eigenvalue weighted by molar-refractivity contribution is -0.384. The maximum absolute atomic E-state index is 12.6. The van der Waals surface area contributed by atoms with Crippen LogP contribution in [-0.2, 0) is 4.79 Å². The largest absolute Gasteiger partial charge is 0.495 e. The number of nitro groups is 1. The fourth-order valence-electron chi connectivity index (χ4n) is 3.18. The van der Waals surface area contributed by atoms with E-state index in [1.54, 1.807) is 25.4 Å². The van der Waals surface area contributed by atoms with Crippen LogP contribution in [0.2, 0.25) is 0 Å². The van der Waals surface area contributed by atoms with Gasteiger partial charge in [-0.25, -0.2) is 0 Å². The van der Waals surface area contributed by atoms with Crippen molar-refractivity contribution in [3.8, 4) is 22.1 Å². The number of carbonyl (C=O) groups is 1. The molecule has 33 heavy (non-hydrogen) atoms. The van der Waals surface area contributed by atoms with Crippen LogP contribution in [0.4, 0.5) is 11.4 Å². The summed E-state index contributed by atoms with van der Waals surface area (Å²) in [5.74, 6) is 1.13. The number of amides is 1. The standard InChI is InChI=1S/C22H19N5O4S2/c1-14-12-15(27(29)30)9-10-16(14)23-20(28)13-33-22-25-24-21(19-8-5-11-32-19)26(22)17-6-3-4-7-18(17)31-2/h3-12H,13H2,1-2H3,(H,23,28). The Bertz CT molecular complexity index is 1300. The Morgan fingerprint density at radius 2 is 2.03 bits per heavy atom. The Morgan fingerprint density at radius 1 is 1.21 bits per heavy atom. The van der Waals surface area contributed by atoms with Gasteiger partial charge < -0.3 is 10.1 Å². The van der Waals surface area contributed by atoms with Crippen LogP contribution >= 0.6 is 23.1 Å². The summed E-state index contributed by atoms with van der Waals surface area (Å²) in [5, 5.41) is 24.9. The molecule has 2 aromatic heterocycles. The number of non-ortho nitro benzene ring substituents is 1. The number of nitro benzene ring substituents is 1. The summed E-state index contributed by atoms with van der Waals surface area (Å²) in [6.07, 6.45) is 0. The fraction of sp³-hybridized carbons (Fsp3) is 0.136. The second kappa shape index (κ2) is 9.84. The van der Waals surface area contributed by atoms with Gasteiger partial charge in [0.25, 0.3) is 5.69 Å². The first-order valence-electron chi connectivity index (χ1n) is 9.78. The molecule has 168 valence electrons. The van der Waals surface area contributed by atoms with E-state index in [0.29, 0.717) is 28.0 Å². The number of thioether (sulfide) groups is 1. The van der Waals surface area contributed by atoms with Crippen molar-refractivity contribution in [1.29, 1.82) is 0 Å². The molecule has 0 unspecified atom stereocenters. The maximum atomic E-state index is 12.6. The molecule has 0 aliphatic rings. The van der Waals surface area contributed by atoms with E-state index in [9.17, 15) is 14.9 Å². The van der Waals surface area contributed by atoms with Gasteiger partial charge in [-0.2, -0.15) is 0 Å². The van der Waals surface area contributed by atoms with Crippen LogP contribution in [0.25, 0.3) is 16.4 Å². The molecular weight excluding hydrogens is 462 g/mol. The van der Waals surface area contributed by atoms with Crippen LogP contribution in [0.5, 0.6) is 5.75 Å². The van der Waals surface area contributed by atoms with Crippen LogP contribution in [0.15, 0.2) is 65.1 Å². The molecule has 0 aliphatic carbocycles. The number of hydrogen-bond donors (Lipinski definition) is 1. The van der Waals surface area contributed by atoms with E-state index in [1.807, 2.05) is 46.3 Å². The molecule has 4 aromatic rings. The zero-order chi connectivity index (χ0) is 23.4. The smallest absolute Gasteiger partial charge is 0.269 e. The lowest BCUT2D eigenvalue weighted by atomic mass is 10.2. The van der Waals surface area contributed by atoms with E-state index in [2.05, 4.69) is 15.5 Å². The Morgan fingerprint density at radius 3 is 2.73 bits per heavy atom. The summed E-state index contributed by atoms with van der Waals surface area (Å²) >= 11 is 2.78. The molecule has 2 aromatic carbocycles. The van der Waals surface area contributed by atoms with Crippen LogP contribution in [0, 0.1) is 17.0 Å². The van der Waals surface area contributed by atoms with Gasteiger partial charge in [0.2, 0.25) is 5.91 Å². The van der Waals surface area contributed by atoms with Gasteiger partial charge >= 0.3 is 0 Å². The number of hydrogen-bond acceptors (Lipinski definition) is 8. The van der Waals surface area contributed by atoms with E-state index in [4.69, 9.17) is 4.74 Å². The molecule has 0 saturated heterocycles. The number of thiophene rings is 1. The molecule has 0 spiro atoms. The van der Waals surface area contributed by atoms with Gasteiger partial charge in [0.1, 0.15) is 5.75 Å². The molecule has 2 heterocycles. The molecule has 0 atom stereocenters. The minimum Gasteiger partial charge on any atom is -0.495 e. The third-order valence-electron chi connectivity index (χ3n) is 4.73. The molecule has 1 N–H and O–H groups in total. The van der Waals surface area contributed by atoms with Crippen molar-refractivity contribution in [2.45, 2.75) is 12.1 Å². The number of benzene rings is 2. The fourth-order valence-corrected chi connectivity index (χ4v) is 4.62. The zero-order valence-electron chi connectivity index (χ0n) is 17.7. The molecule has 0 fully saturated rings. The van der Waals surface area contributed by atoms with Crippen LogP contribution in [-0.4, -0.2) is 38.5 Å². The minimum atomic E-state index is -0.468. The van der Waals surface area contributed by atoms with Crippen LogP contribution < -0.4 is 10.1 Å². The third kappa shape index (κ3) is 4.89. The van der Waals surface area contributed by atoms with E-state index in [0.717, 1.165) is 10.6 Å². The van der Waals surface area contributed by atoms with Gasteiger partial charge in [-0.05, 0) is 42.1 Å². The highest BCUT2D eigenvalue weighted by atomic mass is 32.2. The second-order valence-electron chi connectivity index (χ2n) is 6.88. The first kappa shape index (κ1) is 22.5. The molecular formula is C22H19N5O4S2. The summed E-state index contributed by atoms with van der Waals surface area (Å²) in [4.78, 5) is 24.0. The molecule has 1 amide bonds. The molecule has 0 saturated carbocycles. The highest BCUT2D eigenvalue weighted by molar-refractivity contribution is 7.99. The zero-order valence-corrected chi connectivity index (χ0v) is 19.4. The van der Waals surface area contributed by atoms with Crippen molar-refractivity contribution in [2.24, 2.45) is 0 Å². The number of para-hydroxylation sites is 2. The van der Waals surface area contributed by atoms with Crippen molar-refractivity contribution in [3.63, 3.8) is 0 Å². The van der Waals surface area contributed by atoms with E-state index in [-0.39, 0.29) is 17.3 Å². The van der Waals surface area contributed by atoms with E-state index in [1.165, 1.54) is 30.0 Å². The van der Waals surface area contributed by atoms with Crippen molar-refractivity contribution in [1.82, 2.24) is 14.8 Å². The summed E-state index contributed by atoms with van der Waals surface area (Å²) in [6.45, 7) is 1.71. The first-order chi connectivity index (χ1) is 16.0. The normalized spacial score (nSPS) is 10.7. The number of ether oxygens (including phenoxy) is 1. The minimum absolute atomic E-state index is 0.0223. The highest BCUT2D eigenvalue weighted by Crippen LogP contribution is 2.34. The Balaban J connectivity index is 1.57. The predicted octanol–water partition coefficient (Wildman–Crippen LogP) is 4.95. The number of aryl methyl sites for hydroxylation is 1. The molecule has 0 bridgehead atoms. The predicted molar refractivity (Wildman–Crippen MR) is 128 cm³/mol. The topological polar surface area (TPSA) is 112 Å². The second-order valence-corrected chi connectivity index (χ2v) is 8.77. The number of rotatable bonds is 8. The first-order valence-corrected chi connectivity index (χ1v) is 11.6. The lowest BCUT2D eigenvalue weighted by Crippen LogP contribution is -2.15. The quantitative estimate of drug-likeness (QED) is 0.215. The summed E-state index contributed by atoms with van der Waals surface area (Å²) < 4.78 is 7.41. The molecule has 0 radical (unpaired) electrons. The molecule has 9 nitrogen and oxygen atoms in total. The number of anilines is 1. The number of carbonyl (C=O) groups excluding carboxylic acids is 1. The lowest BCUT2D eigenvalue weighted by Gasteiger charge is -2.13. The van der Waals surface area contributed by atoms with Gasteiger partial charge in [0.05, 0.1) is 28.4 Å². The average Bonchev–Trinajstić information content (AvgIpc) is 3.48.